The van der Waals surface area contributed by atoms with Crippen molar-refractivity contribution in [1.29, 1.82) is 0 Å². The summed E-state index contributed by atoms with van der Waals surface area (Å²) in [4.78, 5) is 20.6. The second-order valence-electron chi connectivity index (χ2n) is 6.93. The number of aryl methyl sites for hydroxylation is 1. The van der Waals surface area contributed by atoms with E-state index in [1.165, 1.54) is 6.26 Å². The van der Waals surface area contributed by atoms with E-state index in [9.17, 15) is 4.79 Å². The van der Waals surface area contributed by atoms with E-state index in [0.717, 1.165) is 19.6 Å². The molecule has 0 unspecified atom stereocenters. The SMILES string of the molecule is Cc1noc(COc2ccccc2OCCN2CCN(C(=O)c3ccco3)CC2)n1. The van der Waals surface area contributed by atoms with Crippen LogP contribution in [0.5, 0.6) is 11.5 Å². The number of amides is 1. The van der Waals surface area contributed by atoms with Crippen LogP contribution in [0.2, 0.25) is 0 Å². The molecule has 9 heteroatoms. The van der Waals surface area contributed by atoms with Crippen LogP contribution in [0.25, 0.3) is 0 Å². The number of furan rings is 1. The normalized spacial score (nSPS) is 14.6. The maximum absolute atomic E-state index is 12.3. The zero-order valence-electron chi connectivity index (χ0n) is 16.8. The van der Waals surface area contributed by atoms with Gasteiger partial charge in [0.15, 0.2) is 29.7 Å². The average Bonchev–Trinajstić information content (AvgIpc) is 3.45. The van der Waals surface area contributed by atoms with Gasteiger partial charge in [0.05, 0.1) is 6.26 Å². The Morgan fingerprint density at radius 3 is 2.50 bits per heavy atom. The van der Waals surface area contributed by atoms with Gasteiger partial charge in [-0.25, -0.2) is 0 Å². The molecule has 0 N–H and O–H groups in total. The molecule has 1 aromatic carbocycles. The molecule has 1 fully saturated rings. The first-order chi connectivity index (χ1) is 14.7. The van der Waals surface area contributed by atoms with E-state index in [-0.39, 0.29) is 12.5 Å². The molecule has 1 aliphatic rings. The molecule has 0 spiro atoms. The van der Waals surface area contributed by atoms with E-state index >= 15 is 0 Å². The molecule has 0 atom stereocenters. The topological polar surface area (TPSA) is 94.1 Å². The third-order valence-corrected chi connectivity index (χ3v) is 4.83. The second kappa shape index (κ2) is 9.45. The number of benzene rings is 1. The van der Waals surface area contributed by atoms with E-state index in [1.54, 1.807) is 19.1 Å². The zero-order chi connectivity index (χ0) is 20.8. The highest BCUT2D eigenvalue weighted by Crippen LogP contribution is 2.27. The molecule has 0 aliphatic carbocycles. The number of carbonyl (C=O) groups excluding carboxylic acids is 1. The number of hydrogen-bond donors (Lipinski definition) is 0. The predicted molar refractivity (Wildman–Crippen MR) is 106 cm³/mol. The molecule has 4 rings (SSSR count). The van der Waals surface area contributed by atoms with Crippen molar-refractivity contribution in [3.05, 3.63) is 60.1 Å². The van der Waals surface area contributed by atoms with E-state index in [1.807, 2.05) is 29.2 Å². The Bertz CT molecular complexity index is 948. The van der Waals surface area contributed by atoms with Gasteiger partial charge in [-0.2, -0.15) is 4.98 Å². The molecule has 0 bridgehead atoms. The lowest BCUT2D eigenvalue weighted by atomic mass is 10.3. The molecule has 30 heavy (non-hydrogen) atoms. The number of nitrogens with zero attached hydrogens (tertiary/aromatic N) is 4. The molecule has 9 nitrogen and oxygen atoms in total. The van der Waals surface area contributed by atoms with Crippen LogP contribution in [0, 0.1) is 6.92 Å². The molecular weight excluding hydrogens is 388 g/mol. The van der Waals surface area contributed by atoms with Crippen LogP contribution in [0.1, 0.15) is 22.3 Å². The van der Waals surface area contributed by atoms with Gasteiger partial charge in [0.25, 0.3) is 11.8 Å². The van der Waals surface area contributed by atoms with Crippen LogP contribution in [0.4, 0.5) is 0 Å². The molecule has 1 amide bonds. The predicted octanol–water partition coefficient (Wildman–Crippen LogP) is 2.39. The fourth-order valence-electron chi connectivity index (χ4n) is 3.24. The Kier molecular flexibility index (Phi) is 6.29. The fourth-order valence-corrected chi connectivity index (χ4v) is 3.24. The van der Waals surface area contributed by atoms with Crippen LogP contribution in [0.3, 0.4) is 0 Å². The summed E-state index contributed by atoms with van der Waals surface area (Å²) in [5.41, 5.74) is 0. The molecule has 0 saturated carbocycles. The summed E-state index contributed by atoms with van der Waals surface area (Å²) in [5, 5.41) is 3.75. The van der Waals surface area contributed by atoms with Gasteiger partial charge in [0.2, 0.25) is 0 Å². The molecule has 3 heterocycles. The highest BCUT2D eigenvalue weighted by molar-refractivity contribution is 5.91. The second-order valence-corrected chi connectivity index (χ2v) is 6.93. The first kappa shape index (κ1) is 20.0. The summed E-state index contributed by atoms with van der Waals surface area (Å²) in [5.74, 6) is 2.62. The maximum atomic E-state index is 12.3. The van der Waals surface area contributed by atoms with Crippen molar-refractivity contribution < 1.29 is 23.2 Å². The maximum Gasteiger partial charge on any atom is 0.289 e. The Hall–Kier alpha value is -3.33. The van der Waals surface area contributed by atoms with Crippen molar-refractivity contribution >= 4 is 5.91 Å². The van der Waals surface area contributed by atoms with E-state index in [0.29, 0.717) is 48.7 Å². The number of hydrogen-bond acceptors (Lipinski definition) is 8. The smallest absolute Gasteiger partial charge is 0.289 e. The van der Waals surface area contributed by atoms with Crippen molar-refractivity contribution in [1.82, 2.24) is 19.9 Å². The molecular formula is C21H24N4O5. The summed E-state index contributed by atoms with van der Waals surface area (Å²) in [6, 6.07) is 10.9. The third-order valence-electron chi connectivity index (χ3n) is 4.83. The van der Waals surface area contributed by atoms with Crippen LogP contribution in [-0.2, 0) is 6.61 Å². The first-order valence-electron chi connectivity index (χ1n) is 9.88. The number of rotatable bonds is 8. The van der Waals surface area contributed by atoms with Crippen LogP contribution in [-0.4, -0.2) is 65.2 Å². The Morgan fingerprint density at radius 2 is 1.83 bits per heavy atom. The van der Waals surface area contributed by atoms with E-state index < -0.39 is 0 Å². The fraction of sp³-hybridized carbons (Fsp3) is 0.381. The quantitative estimate of drug-likeness (QED) is 0.557. The lowest BCUT2D eigenvalue weighted by molar-refractivity contribution is 0.0589. The Morgan fingerprint density at radius 1 is 1.07 bits per heavy atom. The molecule has 1 aliphatic heterocycles. The highest BCUT2D eigenvalue weighted by Gasteiger charge is 2.23. The molecule has 0 radical (unpaired) electrons. The average molecular weight is 412 g/mol. The van der Waals surface area contributed by atoms with Gasteiger partial charge in [-0.1, -0.05) is 17.3 Å². The summed E-state index contributed by atoms with van der Waals surface area (Å²) in [7, 11) is 0. The standard InChI is InChI=1S/C21H24N4O5/c1-16-22-20(30-23-16)15-29-18-6-3-2-5-17(18)28-14-12-24-8-10-25(11-9-24)21(26)19-7-4-13-27-19/h2-7,13H,8-12,14-15H2,1H3. The van der Waals surface area contributed by atoms with Gasteiger partial charge in [-0.15, -0.1) is 0 Å². The monoisotopic (exact) mass is 412 g/mol. The molecule has 1 saturated heterocycles. The van der Waals surface area contributed by atoms with E-state index in [4.69, 9.17) is 18.4 Å². The molecule has 2 aromatic heterocycles. The first-order valence-corrected chi connectivity index (χ1v) is 9.88. The largest absolute Gasteiger partial charge is 0.488 e. The zero-order valence-corrected chi connectivity index (χ0v) is 16.8. The Balaban J connectivity index is 1.22. The van der Waals surface area contributed by atoms with E-state index in [2.05, 4.69) is 15.0 Å². The van der Waals surface area contributed by atoms with Gasteiger partial charge >= 0.3 is 0 Å². The number of ether oxygens (including phenoxy) is 2. The van der Waals surface area contributed by atoms with Gasteiger partial charge in [-0.3, -0.25) is 9.69 Å². The highest BCUT2D eigenvalue weighted by atomic mass is 16.5. The number of aromatic nitrogens is 2. The molecule has 158 valence electrons. The van der Waals surface area contributed by atoms with Crippen molar-refractivity contribution in [3.8, 4) is 11.5 Å². The van der Waals surface area contributed by atoms with Crippen molar-refractivity contribution in [3.63, 3.8) is 0 Å². The minimum absolute atomic E-state index is 0.0570. The minimum Gasteiger partial charge on any atom is -0.488 e. The van der Waals surface area contributed by atoms with Gasteiger partial charge < -0.3 is 23.3 Å². The Labute approximate surface area is 174 Å². The van der Waals surface area contributed by atoms with Gasteiger partial charge in [0.1, 0.15) is 6.61 Å². The van der Waals surface area contributed by atoms with Crippen LogP contribution in [0.15, 0.2) is 51.6 Å². The summed E-state index contributed by atoms with van der Waals surface area (Å²) < 4.78 is 22.0. The van der Waals surface area contributed by atoms with Gasteiger partial charge in [0, 0.05) is 32.7 Å². The van der Waals surface area contributed by atoms with Gasteiger partial charge in [-0.05, 0) is 31.2 Å². The summed E-state index contributed by atoms with van der Waals surface area (Å²) in [6.07, 6.45) is 1.52. The minimum atomic E-state index is -0.0570. The molecule has 3 aromatic rings. The van der Waals surface area contributed by atoms with Crippen molar-refractivity contribution in [2.24, 2.45) is 0 Å². The summed E-state index contributed by atoms with van der Waals surface area (Å²) >= 11 is 0. The summed E-state index contributed by atoms with van der Waals surface area (Å²) in [6.45, 7) is 6.16. The lowest BCUT2D eigenvalue weighted by Gasteiger charge is -2.34. The number of carbonyl (C=O) groups is 1. The third kappa shape index (κ3) is 4.98. The number of para-hydroxylation sites is 2. The van der Waals surface area contributed by atoms with Crippen LogP contribution >= 0.6 is 0 Å². The number of piperazine rings is 1. The lowest BCUT2D eigenvalue weighted by Crippen LogP contribution is -2.49. The van der Waals surface area contributed by atoms with Crippen molar-refractivity contribution in [2.75, 3.05) is 39.3 Å². The van der Waals surface area contributed by atoms with Crippen molar-refractivity contribution in [2.45, 2.75) is 13.5 Å². The van der Waals surface area contributed by atoms with Crippen LogP contribution < -0.4 is 9.47 Å².